The third-order valence-corrected chi connectivity index (χ3v) is 2.08. The van der Waals surface area contributed by atoms with Gasteiger partial charge in [0.1, 0.15) is 11.5 Å². The molecule has 0 spiro atoms. The van der Waals surface area contributed by atoms with Gasteiger partial charge in [-0.15, -0.1) is 0 Å². The number of methoxy groups -OCH3 is 2. The topological polar surface area (TPSA) is 58.9 Å². The van der Waals surface area contributed by atoms with Gasteiger partial charge in [0.05, 0.1) is 19.2 Å². The van der Waals surface area contributed by atoms with Crippen LogP contribution in [0, 0.1) is 0 Å². The molecule has 0 aromatic heterocycles. The lowest BCUT2D eigenvalue weighted by atomic mass is 9.79. The van der Waals surface area contributed by atoms with Crippen LogP contribution in [-0.4, -0.2) is 31.4 Å². The van der Waals surface area contributed by atoms with Gasteiger partial charge in [0.2, 0.25) is 0 Å². The zero-order valence-corrected chi connectivity index (χ0v) is 8.58. The highest BCUT2D eigenvalue weighted by molar-refractivity contribution is 6.60. The van der Waals surface area contributed by atoms with Crippen molar-refractivity contribution in [2.24, 2.45) is 0 Å². The van der Waals surface area contributed by atoms with Crippen molar-refractivity contribution in [2.45, 2.75) is 0 Å². The molecule has 0 atom stereocenters. The lowest BCUT2D eigenvalue weighted by Gasteiger charge is -2.11. The van der Waals surface area contributed by atoms with Crippen molar-refractivity contribution in [2.75, 3.05) is 14.2 Å². The van der Waals surface area contributed by atoms with Gasteiger partial charge in [0, 0.05) is 11.5 Å². The summed E-state index contributed by atoms with van der Waals surface area (Å²) in [5, 5.41) is 18.4. The highest BCUT2D eigenvalue weighted by Gasteiger charge is 2.19. The molecule has 0 aliphatic carbocycles. The first-order valence-electron chi connectivity index (χ1n) is 3.87. The molecular weight excluding hydrogens is 206 g/mol. The van der Waals surface area contributed by atoms with Gasteiger partial charge in [-0.25, -0.2) is 0 Å². The van der Waals surface area contributed by atoms with Crippen LogP contribution in [0.1, 0.15) is 0 Å². The van der Waals surface area contributed by atoms with Gasteiger partial charge in [0.25, 0.3) is 0 Å². The van der Waals surface area contributed by atoms with Crippen molar-refractivity contribution in [3.8, 4) is 11.5 Å². The summed E-state index contributed by atoms with van der Waals surface area (Å²) in [6.07, 6.45) is 0. The van der Waals surface area contributed by atoms with Crippen molar-refractivity contribution in [3.05, 3.63) is 17.2 Å². The molecular formula is C8H10BClO4. The largest absolute Gasteiger partial charge is 0.497 e. The maximum absolute atomic E-state index is 9.02. The third kappa shape index (κ3) is 2.12. The van der Waals surface area contributed by atoms with E-state index in [0.717, 1.165) is 0 Å². The zero-order chi connectivity index (χ0) is 10.7. The molecule has 0 heterocycles. The minimum atomic E-state index is -1.61. The lowest BCUT2D eigenvalue weighted by Crippen LogP contribution is -2.31. The van der Waals surface area contributed by atoms with E-state index >= 15 is 0 Å². The van der Waals surface area contributed by atoms with Crippen LogP contribution in [0.2, 0.25) is 5.02 Å². The summed E-state index contributed by atoms with van der Waals surface area (Å²) in [5.41, 5.74) is 0.216. The second-order valence-corrected chi connectivity index (χ2v) is 3.01. The molecule has 0 bridgehead atoms. The molecule has 6 heteroatoms. The summed E-state index contributed by atoms with van der Waals surface area (Å²) in [6, 6.07) is 2.89. The van der Waals surface area contributed by atoms with Gasteiger partial charge in [-0.05, 0) is 6.07 Å². The van der Waals surface area contributed by atoms with Crippen LogP contribution in [-0.2, 0) is 0 Å². The molecule has 0 aliphatic rings. The minimum absolute atomic E-state index is 0.216. The van der Waals surface area contributed by atoms with Gasteiger partial charge >= 0.3 is 7.12 Å². The number of rotatable bonds is 3. The molecule has 0 saturated heterocycles. The van der Waals surface area contributed by atoms with Crippen LogP contribution in [0.15, 0.2) is 12.1 Å². The summed E-state index contributed by atoms with van der Waals surface area (Å²) < 4.78 is 9.85. The average molecular weight is 216 g/mol. The number of ether oxygens (including phenoxy) is 2. The van der Waals surface area contributed by atoms with E-state index in [-0.39, 0.29) is 5.46 Å². The van der Waals surface area contributed by atoms with Crippen LogP contribution in [0.3, 0.4) is 0 Å². The Bertz CT molecular complexity index is 329. The van der Waals surface area contributed by atoms with Crippen molar-refractivity contribution in [1.82, 2.24) is 0 Å². The number of hydrogen-bond acceptors (Lipinski definition) is 4. The molecule has 76 valence electrons. The van der Waals surface area contributed by atoms with Gasteiger partial charge in [-0.1, -0.05) is 11.6 Å². The van der Waals surface area contributed by atoms with E-state index in [9.17, 15) is 0 Å². The van der Waals surface area contributed by atoms with Crippen molar-refractivity contribution < 1.29 is 19.5 Å². The highest BCUT2D eigenvalue weighted by atomic mass is 35.5. The average Bonchev–Trinajstić information content (AvgIpc) is 2.16. The molecule has 14 heavy (non-hydrogen) atoms. The Labute approximate surface area is 87.2 Å². The Hall–Kier alpha value is -0.905. The fourth-order valence-electron chi connectivity index (χ4n) is 1.09. The lowest BCUT2D eigenvalue weighted by molar-refractivity contribution is 0.396. The first-order chi connectivity index (χ1) is 6.60. The molecule has 1 rings (SSSR count). The number of hydrogen-bond donors (Lipinski definition) is 2. The maximum Gasteiger partial charge on any atom is 0.492 e. The van der Waals surface area contributed by atoms with E-state index in [2.05, 4.69) is 0 Å². The van der Waals surface area contributed by atoms with Gasteiger partial charge in [0.15, 0.2) is 0 Å². The van der Waals surface area contributed by atoms with E-state index < -0.39 is 7.12 Å². The van der Waals surface area contributed by atoms with E-state index in [1.54, 1.807) is 0 Å². The molecule has 0 unspecified atom stereocenters. The van der Waals surface area contributed by atoms with E-state index in [1.807, 2.05) is 0 Å². The van der Waals surface area contributed by atoms with E-state index in [4.69, 9.17) is 31.1 Å². The van der Waals surface area contributed by atoms with Crippen LogP contribution >= 0.6 is 11.6 Å². The highest BCUT2D eigenvalue weighted by Crippen LogP contribution is 2.27. The van der Waals surface area contributed by atoms with Crippen molar-refractivity contribution >= 4 is 24.2 Å². The molecule has 0 fully saturated rings. The number of halogens is 1. The second-order valence-electron chi connectivity index (χ2n) is 2.60. The fraction of sp³-hybridized carbons (Fsp3) is 0.250. The Kier molecular flexibility index (Phi) is 3.63. The molecule has 0 amide bonds. The van der Waals surface area contributed by atoms with Crippen LogP contribution in [0.25, 0.3) is 0 Å². The SMILES string of the molecule is COc1cc(B(O)O)c(OC)cc1Cl. The Morgan fingerprint density at radius 1 is 1.14 bits per heavy atom. The summed E-state index contributed by atoms with van der Waals surface area (Å²) >= 11 is 5.82. The summed E-state index contributed by atoms with van der Waals surface area (Å²) in [7, 11) is 1.25. The predicted octanol–water partition coefficient (Wildman–Crippen LogP) is 0.0370. The molecule has 4 nitrogen and oxygen atoms in total. The maximum atomic E-state index is 9.02. The summed E-state index contributed by atoms with van der Waals surface area (Å²) in [6.45, 7) is 0. The molecule has 1 aromatic rings. The van der Waals surface area contributed by atoms with Crippen LogP contribution in [0.4, 0.5) is 0 Å². The smallest absolute Gasteiger partial charge is 0.492 e. The molecule has 0 aliphatic heterocycles. The van der Waals surface area contributed by atoms with Crippen LogP contribution < -0.4 is 14.9 Å². The normalized spacial score (nSPS) is 9.79. The molecule has 0 radical (unpaired) electrons. The Balaban J connectivity index is 3.25. The predicted molar refractivity (Wildman–Crippen MR) is 54.4 cm³/mol. The minimum Gasteiger partial charge on any atom is -0.497 e. The summed E-state index contributed by atoms with van der Waals surface area (Å²) in [4.78, 5) is 0. The van der Waals surface area contributed by atoms with Crippen LogP contribution in [0.5, 0.6) is 11.5 Å². The summed E-state index contributed by atoms with van der Waals surface area (Å²) in [5.74, 6) is 0.682. The quantitative estimate of drug-likeness (QED) is 0.700. The standard InChI is InChI=1S/C8H10BClO4/c1-13-7-4-6(10)8(14-2)3-5(7)9(11)12/h3-4,11-12H,1-2H3. The zero-order valence-electron chi connectivity index (χ0n) is 7.82. The van der Waals surface area contributed by atoms with Crippen molar-refractivity contribution in [1.29, 1.82) is 0 Å². The number of benzene rings is 1. The van der Waals surface area contributed by atoms with Gasteiger partial charge in [-0.2, -0.15) is 0 Å². The molecule has 0 saturated carbocycles. The Morgan fingerprint density at radius 2 is 1.71 bits per heavy atom. The fourth-order valence-corrected chi connectivity index (χ4v) is 1.32. The molecule has 1 aromatic carbocycles. The molecule has 2 N–H and O–H groups in total. The van der Waals surface area contributed by atoms with E-state index in [1.165, 1.54) is 26.4 Å². The van der Waals surface area contributed by atoms with Gasteiger partial charge in [-0.3, -0.25) is 0 Å². The third-order valence-electron chi connectivity index (χ3n) is 1.78. The first kappa shape index (κ1) is 11.2. The monoisotopic (exact) mass is 216 g/mol. The first-order valence-corrected chi connectivity index (χ1v) is 4.25. The van der Waals surface area contributed by atoms with E-state index in [0.29, 0.717) is 16.5 Å². The van der Waals surface area contributed by atoms with Gasteiger partial charge < -0.3 is 19.5 Å². The second kappa shape index (κ2) is 4.55. The van der Waals surface area contributed by atoms with Crippen molar-refractivity contribution in [3.63, 3.8) is 0 Å². The Morgan fingerprint density at radius 3 is 2.14 bits per heavy atom.